The number of aromatic amines is 1. The number of fused-ring (bicyclic) bond motifs is 2. The Bertz CT molecular complexity index is 1260. The lowest BCUT2D eigenvalue weighted by Gasteiger charge is -2.11. The zero-order valence-corrected chi connectivity index (χ0v) is 15.9. The quantitative estimate of drug-likeness (QED) is 0.508. The Morgan fingerprint density at radius 2 is 1.89 bits per heavy atom. The highest BCUT2D eigenvalue weighted by molar-refractivity contribution is 6.00. The summed E-state index contributed by atoms with van der Waals surface area (Å²) in [5.41, 5.74) is 4.11. The second-order valence-electron chi connectivity index (χ2n) is 6.54. The van der Waals surface area contributed by atoms with Crippen molar-refractivity contribution in [2.24, 2.45) is 0 Å². The highest BCUT2D eigenvalue weighted by atomic mass is 16.5. The number of allylic oxidation sites excluding steroid dienone is 1. The van der Waals surface area contributed by atoms with Crippen molar-refractivity contribution in [1.82, 2.24) is 9.97 Å². The van der Waals surface area contributed by atoms with Gasteiger partial charge in [-0.2, -0.15) is 5.26 Å². The zero-order valence-electron chi connectivity index (χ0n) is 15.9. The summed E-state index contributed by atoms with van der Waals surface area (Å²) in [6.45, 7) is 2.02. The molecule has 4 rings (SSSR count). The molecule has 3 aromatic carbocycles. The van der Waals surface area contributed by atoms with Crippen LogP contribution < -0.4 is 9.47 Å². The third kappa shape index (κ3) is 3.06. The van der Waals surface area contributed by atoms with Gasteiger partial charge in [-0.15, -0.1) is 0 Å². The molecule has 0 aliphatic rings. The Hall–Kier alpha value is -3.78. The van der Waals surface area contributed by atoms with Gasteiger partial charge in [-0.3, -0.25) is 0 Å². The van der Waals surface area contributed by atoms with Gasteiger partial charge >= 0.3 is 0 Å². The Labute approximate surface area is 162 Å². The SMILES string of the molecule is COc1ccc2ccc(OC)c(/C=C(/C#N)c3nc4ccc(C)cc4[nH]3)c2c1. The van der Waals surface area contributed by atoms with Gasteiger partial charge in [0.1, 0.15) is 23.4 Å². The highest BCUT2D eigenvalue weighted by Gasteiger charge is 2.13. The van der Waals surface area contributed by atoms with Crippen LogP contribution in [0.1, 0.15) is 17.0 Å². The van der Waals surface area contributed by atoms with Gasteiger partial charge in [0, 0.05) is 5.56 Å². The predicted octanol–water partition coefficient (Wildman–Crippen LogP) is 5.11. The number of benzene rings is 3. The van der Waals surface area contributed by atoms with Crippen LogP contribution in [0, 0.1) is 18.3 Å². The maximum absolute atomic E-state index is 9.81. The molecule has 138 valence electrons. The third-order valence-corrected chi connectivity index (χ3v) is 4.75. The molecule has 0 saturated carbocycles. The second-order valence-corrected chi connectivity index (χ2v) is 6.54. The molecule has 5 nitrogen and oxygen atoms in total. The molecule has 1 N–H and O–H groups in total. The van der Waals surface area contributed by atoms with Crippen molar-refractivity contribution in [2.45, 2.75) is 6.92 Å². The molecule has 0 saturated heterocycles. The summed E-state index contributed by atoms with van der Waals surface area (Å²) in [5.74, 6) is 1.96. The summed E-state index contributed by atoms with van der Waals surface area (Å²) in [6, 6.07) is 18.0. The molecule has 0 aliphatic heterocycles. The summed E-state index contributed by atoms with van der Waals surface area (Å²) in [4.78, 5) is 7.83. The zero-order chi connectivity index (χ0) is 19.7. The predicted molar refractivity (Wildman–Crippen MR) is 111 cm³/mol. The number of aromatic nitrogens is 2. The lowest BCUT2D eigenvalue weighted by Crippen LogP contribution is -1.92. The van der Waals surface area contributed by atoms with E-state index in [1.54, 1.807) is 14.2 Å². The summed E-state index contributed by atoms with van der Waals surface area (Å²) in [7, 11) is 3.25. The molecule has 1 heterocycles. The first-order chi connectivity index (χ1) is 13.6. The molecule has 0 aliphatic carbocycles. The summed E-state index contributed by atoms with van der Waals surface area (Å²) >= 11 is 0. The van der Waals surface area contributed by atoms with Crippen LogP contribution >= 0.6 is 0 Å². The van der Waals surface area contributed by atoms with Gasteiger partial charge in [0.2, 0.25) is 0 Å². The fourth-order valence-corrected chi connectivity index (χ4v) is 3.30. The fraction of sp³-hybridized carbons (Fsp3) is 0.130. The summed E-state index contributed by atoms with van der Waals surface area (Å²) in [5, 5.41) is 11.8. The van der Waals surface area contributed by atoms with Crippen molar-refractivity contribution in [3.8, 4) is 17.6 Å². The Morgan fingerprint density at radius 3 is 2.64 bits per heavy atom. The minimum absolute atomic E-state index is 0.433. The molecule has 0 amide bonds. The lowest BCUT2D eigenvalue weighted by molar-refractivity contribution is 0.413. The number of nitrogens with zero attached hydrogens (tertiary/aromatic N) is 2. The number of H-pyrrole nitrogens is 1. The number of imidazole rings is 1. The molecule has 0 spiro atoms. The summed E-state index contributed by atoms with van der Waals surface area (Å²) < 4.78 is 10.9. The highest BCUT2D eigenvalue weighted by Crippen LogP contribution is 2.33. The normalized spacial score (nSPS) is 11.6. The summed E-state index contributed by atoms with van der Waals surface area (Å²) in [6.07, 6.45) is 1.81. The van der Waals surface area contributed by atoms with E-state index in [0.29, 0.717) is 17.1 Å². The number of ether oxygens (including phenoxy) is 2. The van der Waals surface area contributed by atoms with Gasteiger partial charge in [-0.1, -0.05) is 18.2 Å². The van der Waals surface area contributed by atoms with Crippen molar-refractivity contribution in [2.75, 3.05) is 14.2 Å². The third-order valence-electron chi connectivity index (χ3n) is 4.75. The second kappa shape index (κ2) is 7.09. The van der Waals surface area contributed by atoms with Crippen LogP contribution in [0.2, 0.25) is 0 Å². The molecular weight excluding hydrogens is 350 g/mol. The van der Waals surface area contributed by atoms with Crippen molar-refractivity contribution in [3.05, 3.63) is 65.5 Å². The maximum atomic E-state index is 9.81. The van der Waals surface area contributed by atoms with E-state index < -0.39 is 0 Å². The van der Waals surface area contributed by atoms with Crippen molar-refractivity contribution in [1.29, 1.82) is 5.26 Å². The molecule has 4 aromatic rings. The van der Waals surface area contributed by atoms with Crippen LogP contribution in [0.25, 0.3) is 33.5 Å². The first kappa shape index (κ1) is 17.6. The Balaban J connectivity index is 1.93. The van der Waals surface area contributed by atoms with E-state index in [1.165, 1.54) is 0 Å². The van der Waals surface area contributed by atoms with E-state index in [1.807, 2.05) is 61.5 Å². The number of aryl methyl sites for hydroxylation is 1. The first-order valence-electron chi connectivity index (χ1n) is 8.86. The molecule has 0 bridgehead atoms. The van der Waals surface area contributed by atoms with Crippen molar-refractivity contribution in [3.63, 3.8) is 0 Å². The van der Waals surface area contributed by atoms with E-state index in [2.05, 4.69) is 16.0 Å². The molecule has 0 unspecified atom stereocenters. The van der Waals surface area contributed by atoms with Crippen molar-refractivity contribution < 1.29 is 9.47 Å². The molecule has 5 heteroatoms. The van der Waals surface area contributed by atoms with Crippen LogP contribution in [0.4, 0.5) is 0 Å². The van der Waals surface area contributed by atoms with Gasteiger partial charge in [0.25, 0.3) is 0 Å². The largest absolute Gasteiger partial charge is 0.497 e. The minimum atomic E-state index is 0.433. The standard InChI is InChI=1S/C23H19N3O2/c1-14-4-8-20-21(10-14)26-23(25-20)16(13-24)11-19-18-12-17(27-2)7-5-15(18)6-9-22(19)28-3/h4-12H,1-3H3,(H,25,26)/b16-11-. The number of nitriles is 1. The molecule has 0 atom stereocenters. The smallest absolute Gasteiger partial charge is 0.149 e. The number of methoxy groups -OCH3 is 2. The average molecular weight is 369 g/mol. The molecular formula is C23H19N3O2. The van der Waals surface area contributed by atoms with Crippen LogP contribution in [0.3, 0.4) is 0 Å². The number of hydrogen-bond donors (Lipinski definition) is 1. The number of rotatable bonds is 4. The number of hydrogen-bond acceptors (Lipinski definition) is 4. The molecule has 28 heavy (non-hydrogen) atoms. The van der Waals surface area contributed by atoms with E-state index in [4.69, 9.17) is 9.47 Å². The monoisotopic (exact) mass is 369 g/mol. The van der Waals surface area contributed by atoms with E-state index in [9.17, 15) is 5.26 Å². The van der Waals surface area contributed by atoms with Crippen molar-refractivity contribution >= 4 is 33.5 Å². The Morgan fingerprint density at radius 1 is 1.07 bits per heavy atom. The average Bonchev–Trinajstić information content (AvgIpc) is 3.14. The Kier molecular flexibility index (Phi) is 4.46. The van der Waals surface area contributed by atoms with Gasteiger partial charge in [0.05, 0.1) is 30.8 Å². The van der Waals surface area contributed by atoms with E-state index >= 15 is 0 Å². The first-order valence-corrected chi connectivity index (χ1v) is 8.86. The van der Waals surface area contributed by atoms with Crippen LogP contribution in [-0.2, 0) is 0 Å². The topological polar surface area (TPSA) is 70.9 Å². The molecule has 0 fully saturated rings. The van der Waals surface area contributed by atoms with Crippen LogP contribution in [-0.4, -0.2) is 24.2 Å². The van der Waals surface area contributed by atoms with Gasteiger partial charge in [-0.05, 0) is 59.7 Å². The molecule has 0 radical (unpaired) electrons. The van der Waals surface area contributed by atoms with Crippen LogP contribution in [0.5, 0.6) is 11.5 Å². The van der Waals surface area contributed by atoms with E-state index in [-0.39, 0.29) is 0 Å². The van der Waals surface area contributed by atoms with E-state index in [0.717, 1.165) is 38.7 Å². The lowest BCUT2D eigenvalue weighted by atomic mass is 10.0. The minimum Gasteiger partial charge on any atom is -0.497 e. The molecule has 1 aromatic heterocycles. The number of nitrogens with one attached hydrogen (secondary N) is 1. The van der Waals surface area contributed by atoms with Gasteiger partial charge < -0.3 is 14.5 Å². The van der Waals surface area contributed by atoms with Gasteiger partial charge in [-0.25, -0.2) is 4.98 Å². The van der Waals surface area contributed by atoms with Crippen LogP contribution in [0.15, 0.2) is 48.5 Å². The van der Waals surface area contributed by atoms with Gasteiger partial charge in [0.15, 0.2) is 0 Å². The maximum Gasteiger partial charge on any atom is 0.149 e. The fourth-order valence-electron chi connectivity index (χ4n) is 3.30.